The number of rotatable bonds is 2. The Labute approximate surface area is 111 Å². The van der Waals surface area contributed by atoms with E-state index in [1.807, 2.05) is 26.8 Å². The van der Waals surface area contributed by atoms with E-state index in [-0.39, 0.29) is 11.7 Å². The van der Waals surface area contributed by atoms with E-state index in [1.54, 1.807) is 6.07 Å². The summed E-state index contributed by atoms with van der Waals surface area (Å²) in [6.45, 7) is 5.94. The molecule has 0 saturated carbocycles. The molecule has 0 saturated heterocycles. The fourth-order valence-electron chi connectivity index (χ4n) is 1.80. The summed E-state index contributed by atoms with van der Waals surface area (Å²) in [6, 6.07) is 6.68. The Hall–Kier alpha value is -1.55. The van der Waals surface area contributed by atoms with Gasteiger partial charge in [-0.15, -0.1) is 0 Å². The van der Waals surface area contributed by atoms with Crippen molar-refractivity contribution in [2.45, 2.75) is 26.7 Å². The van der Waals surface area contributed by atoms with Crippen molar-refractivity contribution in [3.05, 3.63) is 46.1 Å². The third-order valence-electron chi connectivity index (χ3n) is 2.66. The normalized spacial score (nSPS) is 10.9. The lowest BCUT2D eigenvalue weighted by molar-refractivity contribution is 0.627. The van der Waals surface area contributed by atoms with Crippen LogP contribution in [-0.2, 0) is 0 Å². The summed E-state index contributed by atoms with van der Waals surface area (Å²) in [5, 5.41) is 0. The summed E-state index contributed by atoms with van der Waals surface area (Å²) >= 11 is 5.15. The topological polar surface area (TPSA) is 28.7 Å². The maximum Gasteiger partial charge on any atom is 0.130 e. The number of aromatic amines is 1. The van der Waals surface area contributed by atoms with E-state index in [2.05, 4.69) is 9.97 Å². The number of H-pyrrole nitrogens is 1. The number of nitrogens with zero attached hydrogens (tertiary/aromatic N) is 1. The summed E-state index contributed by atoms with van der Waals surface area (Å²) < 4.78 is 13.9. The second kappa shape index (κ2) is 4.98. The smallest absolute Gasteiger partial charge is 0.130 e. The van der Waals surface area contributed by atoms with Crippen molar-refractivity contribution in [1.82, 2.24) is 9.97 Å². The maximum atomic E-state index is 13.4. The van der Waals surface area contributed by atoms with Crippen LogP contribution < -0.4 is 0 Å². The summed E-state index contributed by atoms with van der Waals surface area (Å²) in [7, 11) is 0. The molecule has 0 fully saturated rings. The molecule has 0 atom stereocenters. The van der Waals surface area contributed by atoms with Gasteiger partial charge in [-0.2, -0.15) is 0 Å². The molecule has 0 aliphatic heterocycles. The van der Waals surface area contributed by atoms with Gasteiger partial charge < -0.3 is 4.98 Å². The molecule has 0 bridgehead atoms. The first kappa shape index (κ1) is 12.9. The second-order valence-electron chi connectivity index (χ2n) is 4.69. The van der Waals surface area contributed by atoms with Crippen LogP contribution in [0.2, 0.25) is 0 Å². The van der Waals surface area contributed by atoms with E-state index >= 15 is 0 Å². The van der Waals surface area contributed by atoms with Gasteiger partial charge in [0.15, 0.2) is 0 Å². The molecule has 0 unspecified atom stereocenters. The summed E-state index contributed by atoms with van der Waals surface area (Å²) in [5.74, 6) is 0.827. The van der Waals surface area contributed by atoms with E-state index < -0.39 is 0 Å². The van der Waals surface area contributed by atoms with Crippen LogP contribution >= 0.6 is 12.2 Å². The molecule has 0 aliphatic carbocycles. The Morgan fingerprint density at radius 3 is 2.56 bits per heavy atom. The number of hydrogen-bond acceptors (Lipinski definition) is 2. The van der Waals surface area contributed by atoms with E-state index in [9.17, 15) is 4.39 Å². The van der Waals surface area contributed by atoms with Gasteiger partial charge in [-0.3, -0.25) is 0 Å². The van der Waals surface area contributed by atoms with E-state index in [1.165, 1.54) is 12.1 Å². The number of benzene rings is 1. The van der Waals surface area contributed by atoms with E-state index in [4.69, 9.17) is 12.2 Å². The van der Waals surface area contributed by atoms with Crippen LogP contribution in [0.15, 0.2) is 24.3 Å². The van der Waals surface area contributed by atoms with Crippen molar-refractivity contribution in [3.8, 4) is 11.3 Å². The number of aryl methyl sites for hydroxylation is 1. The highest BCUT2D eigenvalue weighted by Crippen LogP contribution is 2.21. The lowest BCUT2D eigenvalue weighted by Gasteiger charge is -2.09. The van der Waals surface area contributed by atoms with Crippen molar-refractivity contribution in [3.63, 3.8) is 0 Å². The summed E-state index contributed by atoms with van der Waals surface area (Å²) in [4.78, 5) is 7.48. The van der Waals surface area contributed by atoms with Gasteiger partial charge in [-0.1, -0.05) is 26.1 Å². The highest BCUT2D eigenvalue weighted by molar-refractivity contribution is 7.71. The SMILES string of the molecule is Cc1cc(F)cc(-c2cc(=S)nc(C(C)C)[nH]2)c1. The quantitative estimate of drug-likeness (QED) is 0.814. The lowest BCUT2D eigenvalue weighted by atomic mass is 10.1. The molecular formula is C14H15FN2S. The van der Waals surface area contributed by atoms with Crippen LogP contribution in [0, 0.1) is 17.4 Å². The zero-order valence-corrected chi connectivity index (χ0v) is 11.4. The first-order chi connectivity index (χ1) is 8.45. The molecule has 0 spiro atoms. The molecule has 18 heavy (non-hydrogen) atoms. The highest BCUT2D eigenvalue weighted by atomic mass is 32.1. The molecule has 0 radical (unpaired) electrons. The van der Waals surface area contributed by atoms with Gasteiger partial charge >= 0.3 is 0 Å². The average Bonchev–Trinajstić information content (AvgIpc) is 2.26. The van der Waals surface area contributed by atoms with E-state index in [0.29, 0.717) is 4.64 Å². The van der Waals surface area contributed by atoms with Crippen LogP contribution in [0.1, 0.15) is 31.2 Å². The molecule has 0 aliphatic rings. The number of hydrogen-bond donors (Lipinski definition) is 1. The van der Waals surface area contributed by atoms with Crippen LogP contribution in [0.25, 0.3) is 11.3 Å². The van der Waals surface area contributed by atoms with Gasteiger partial charge in [0.1, 0.15) is 16.3 Å². The Morgan fingerprint density at radius 2 is 1.94 bits per heavy atom. The highest BCUT2D eigenvalue weighted by Gasteiger charge is 2.06. The Kier molecular flexibility index (Phi) is 3.57. The largest absolute Gasteiger partial charge is 0.343 e. The van der Waals surface area contributed by atoms with Crippen molar-refractivity contribution in [2.24, 2.45) is 0 Å². The Morgan fingerprint density at radius 1 is 1.22 bits per heavy atom. The van der Waals surface area contributed by atoms with Crippen molar-refractivity contribution >= 4 is 12.2 Å². The monoisotopic (exact) mass is 262 g/mol. The molecule has 94 valence electrons. The molecule has 2 nitrogen and oxygen atoms in total. The van der Waals surface area contributed by atoms with Gasteiger partial charge in [0, 0.05) is 17.2 Å². The van der Waals surface area contributed by atoms with Gasteiger partial charge in [0.2, 0.25) is 0 Å². The molecule has 4 heteroatoms. The molecule has 1 aromatic heterocycles. The van der Waals surface area contributed by atoms with Gasteiger partial charge in [-0.05, 0) is 36.8 Å². The van der Waals surface area contributed by atoms with Crippen molar-refractivity contribution < 1.29 is 4.39 Å². The number of aromatic nitrogens is 2. The van der Waals surface area contributed by atoms with Crippen LogP contribution in [0.5, 0.6) is 0 Å². The Bertz CT molecular complexity index is 612. The predicted molar refractivity (Wildman–Crippen MR) is 73.6 cm³/mol. The Balaban J connectivity index is 2.60. The van der Waals surface area contributed by atoms with Crippen molar-refractivity contribution in [1.29, 1.82) is 0 Å². The number of nitrogens with one attached hydrogen (secondary N) is 1. The molecule has 1 aromatic carbocycles. The maximum absolute atomic E-state index is 13.4. The van der Waals surface area contributed by atoms with Gasteiger partial charge in [0.05, 0.1) is 0 Å². The van der Waals surface area contributed by atoms with Crippen molar-refractivity contribution in [2.75, 3.05) is 0 Å². The van der Waals surface area contributed by atoms with Crippen LogP contribution in [0.3, 0.4) is 0 Å². The lowest BCUT2D eigenvalue weighted by Crippen LogP contribution is -1.99. The molecule has 2 rings (SSSR count). The minimum Gasteiger partial charge on any atom is -0.343 e. The first-order valence-corrected chi connectivity index (χ1v) is 6.25. The third-order valence-corrected chi connectivity index (χ3v) is 2.87. The summed E-state index contributed by atoms with van der Waals surface area (Å²) in [6.07, 6.45) is 0. The van der Waals surface area contributed by atoms with Gasteiger partial charge in [0.25, 0.3) is 0 Å². The fraction of sp³-hybridized carbons (Fsp3) is 0.286. The van der Waals surface area contributed by atoms with E-state index in [0.717, 1.165) is 22.6 Å². The zero-order chi connectivity index (χ0) is 13.3. The molecule has 1 N–H and O–H groups in total. The first-order valence-electron chi connectivity index (χ1n) is 5.84. The third kappa shape index (κ3) is 2.82. The van der Waals surface area contributed by atoms with Crippen LogP contribution in [0.4, 0.5) is 4.39 Å². The minimum atomic E-state index is -0.243. The number of halogens is 1. The standard InChI is InChI=1S/C14H15FN2S/c1-8(2)14-16-12(7-13(18)17-14)10-4-9(3)5-11(15)6-10/h4-8H,1-3H3,(H,16,17,18). The predicted octanol–water partition coefficient (Wildman–Crippen LogP) is 4.38. The second-order valence-corrected chi connectivity index (χ2v) is 5.11. The summed E-state index contributed by atoms with van der Waals surface area (Å²) in [5.41, 5.74) is 2.48. The minimum absolute atomic E-state index is 0.243. The molecule has 2 aromatic rings. The zero-order valence-electron chi connectivity index (χ0n) is 10.6. The fourth-order valence-corrected chi connectivity index (χ4v) is 2.01. The van der Waals surface area contributed by atoms with Crippen LogP contribution in [-0.4, -0.2) is 9.97 Å². The molecular weight excluding hydrogens is 247 g/mol. The average molecular weight is 262 g/mol. The van der Waals surface area contributed by atoms with Gasteiger partial charge in [-0.25, -0.2) is 9.37 Å². The molecule has 1 heterocycles. The molecule has 0 amide bonds.